The summed E-state index contributed by atoms with van der Waals surface area (Å²) in [5.41, 5.74) is 0.616. The van der Waals surface area contributed by atoms with Gasteiger partial charge in [-0.05, 0) is 43.3 Å². The van der Waals surface area contributed by atoms with E-state index >= 15 is 0 Å². The number of nitrogens with one attached hydrogen (secondary N) is 1. The quantitative estimate of drug-likeness (QED) is 0.409. The van der Waals surface area contributed by atoms with E-state index in [1.165, 1.54) is 11.3 Å². The normalized spacial score (nSPS) is 13.8. The minimum absolute atomic E-state index is 0.121. The summed E-state index contributed by atoms with van der Waals surface area (Å²) in [5.74, 6) is 0.463. The maximum absolute atomic E-state index is 13.5. The van der Waals surface area contributed by atoms with Gasteiger partial charge in [0.05, 0.1) is 18.9 Å². The number of anilines is 1. The van der Waals surface area contributed by atoms with Crippen molar-refractivity contribution in [1.82, 2.24) is 0 Å². The minimum atomic E-state index is -4.45. The third-order valence-corrected chi connectivity index (χ3v) is 10.7. The number of carbonyl (C=O) groups excluding carboxylic acids is 1. The van der Waals surface area contributed by atoms with E-state index in [9.17, 15) is 18.0 Å². The molecule has 0 bridgehead atoms. The van der Waals surface area contributed by atoms with Gasteiger partial charge in [-0.3, -0.25) is 5.32 Å². The number of rotatable bonds is 8. The third-order valence-electron chi connectivity index (χ3n) is 5.32. The summed E-state index contributed by atoms with van der Waals surface area (Å²) in [5, 5.41) is 4.92. The minimum Gasteiger partial charge on any atom is -0.493 e. The molecule has 0 aliphatic carbocycles. The van der Waals surface area contributed by atoms with Crippen molar-refractivity contribution in [3.8, 4) is 5.75 Å². The lowest BCUT2D eigenvalue weighted by Crippen LogP contribution is -2.48. The van der Waals surface area contributed by atoms with E-state index in [-0.39, 0.29) is 24.7 Å². The SMILES string of the molecule is CCOC(=O)Nc1csc2cc(OCCC(O[Si](C)(C)C(C)(C)C)C(F)(F)F)ccc12. The average molecular weight is 478 g/mol. The van der Waals surface area contributed by atoms with E-state index in [0.717, 1.165) is 10.1 Å². The van der Waals surface area contributed by atoms with E-state index in [1.807, 2.05) is 20.8 Å². The molecule has 2 aromatic rings. The van der Waals surface area contributed by atoms with Gasteiger partial charge in [-0.15, -0.1) is 11.3 Å². The molecule has 2 rings (SSSR count). The molecule has 1 amide bonds. The van der Waals surface area contributed by atoms with Gasteiger partial charge >= 0.3 is 12.3 Å². The maximum atomic E-state index is 13.5. The lowest BCUT2D eigenvalue weighted by Gasteiger charge is -2.39. The predicted octanol–water partition coefficient (Wildman–Crippen LogP) is 7.19. The number of fused-ring (bicyclic) bond motifs is 1. The number of carbonyl (C=O) groups is 1. The molecule has 1 heterocycles. The highest BCUT2D eigenvalue weighted by Gasteiger charge is 2.47. The summed E-state index contributed by atoms with van der Waals surface area (Å²) >= 11 is 1.39. The predicted molar refractivity (Wildman–Crippen MR) is 121 cm³/mol. The van der Waals surface area contributed by atoms with Gasteiger partial charge in [0.1, 0.15) is 11.9 Å². The Kier molecular flexibility index (Phi) is 8.04. The van der Waals surface area contributed by atoms with Crippen molar-refractivity contribution in [2.24, 2.45) is 0 Å². The Labute approximate surface area is 186 Å². The molecule has 1 aromatic heterocycles. The van der Waals surface area contributed by atoms with Crippen LogP contribution in [0.2, 0.25) is 18.1 Å². The van der Waals surface area contributed by atoms with Crippen molar-refractivity contribution in [3.63, 3.8) is 0 Å². The zero-order chi connectivity index (χ0) is 23.4. The van der Waals surface area contributed by atoms with Gasteiger partial charge in [-0.25, -0.2) is 4.79 Å². The fourth-order valence-corrected chi connectivity index (χ4v) is 4.81. The van der Waals surface area contributed by atoms with Crippen LogP contribution in [0.1, 0.15) is 34.1 Å². The van der Waals surface area contributed by atoms with Crippen LogP contribution in [0.5, 0.6) is 5.75 Å². The smallest absolute Gasteiger partial charge is 0.413 e. The van der Waals surface area contributed by atoms with Crippen molar-refractivity contribution >= 4 is 41.5 Å². The first-order chi connectivity index (χ1) is 14.2. The van der Waals surface area contributed by atoms with Crippen LogP contribution < -0.4 is 10.1 Å². The molecule has 174 valence electrons. The van der Waals surface area contributed by atoms with Crippen LogP contribution in [0.25, 0.3) is 10.1 Å². The van der Waals surface area contributed by atoms with Crippen LogP contribution in [0, 0.1) is 0 Å². The van der Waals surface area contributed by atoms with E-state index in [4.69, 9.17) is 13.9 Å². The largest absolute Gasteiger partial charge is 0.493 e. The molecule has 10 heteroatoms. The second-order valence-electron chi connectivity index (χ2n) is 8.70. The van der Waals surface area contributed by atoms with Crippen molar-refractivity contribution in [2.45, 2.75) is 64.5 Å². The van der Waals surface area contributed by atoms with Crippen LogP contribution in [0.4, 0.5) is 23.7 Å². The highest BCUT2D eigenvalue weighted by Crippen LogP contribution is 2.40. The van der Waals surface area contributed by atoms with E-state index < -0.39 is 26.7 Å². The number of alkyl halides is 3. The molecule has 1 unspecified atom stereocenters. The third kappa shape index (κ3) is 6.85. The number of ether oxygens (including phenoxy) is 2. The van der Waals surface area contributed by atoms with Crippen molar-refractivity contribution in [3.05, 3.63) is 23.6 Å². The molecular formula is C21H30F3NO4SSi. The van der Waals surface area contributed by atoms with Gasteiger partial charge in [0, 0.05) is 21.9 Å². The van der Waals surface area contributed by atoms with Crippen molar-refractivity contribution < 1.29 is 31.9 Å². The molecule has 0 saturated carbocycles. The first-order valence-corrected chi connectivity index (χ1v) is 13.9. The lowest BCUT2D eigenvalue weighted by molar-refractivity contribution is -0.201. The zero-order valence-corrected chi connectivity index (χ0v) is 20.5. The van der Waals surface area contributed by atoms with Crippen LogP contribution in [-0.2, 0) is 9.16 Å². The van der Waals surface area contributed by atoms with E-state index in [0.29, 0.717) is 11.4 Å². The van der Waals surface area contributed by atoms with Crippen LogP contribution >= 0.6 is 11.3 Å². The van der Waals surface area contributed by atoms with Gasteiger partial charge in [-0.1, -0.05) is 20.8 Å². The summed E-state index contributed by atoms with van der Waals surface area (Å²) in [4.78, 5) is 11.6. The van der Waals surface area contributed by atoms with Crippen LogP contribution in [0.3, 0.4) is 0 Å². The standard InChI is InChI=1S/C21H30F3NO4SSi/c1-7-27-19(26)25-16-13-30-17-12-14(8-9-15(16)17)28-11-10-18(21(22,23)24)29-31(5,6)20(2,3)4/h8-9,12-13,18H,7,10-11H2,1-6H3,(H,25,26). The summed E-state index contributed by atoms with van der Waals surface area (Å²) in [6, 6.07) is 5.17. The monoisotopic (exact) mass is 477 g/mol. The number of thiophene rings is 1. The molecule has 1 atom stereocenters. The van der Waals surface area contributed by atoms with Crippen molar-refractivity contribution in [2.75, 3.05) is 18.5 Å². The molecule has 0 spiro atoms. The second kappa shape index (κ2) is 9.79. The molecular weight excluding hydrogens is 447 g/mol. The average Bonchev–Trinajstić information content (AvgIpc) is 3.01. The Morgan fingerprint density at radius 1 is 1.23 bits per heavy atom. The fraction of sp³-hybridized carbons (Fsp3) is 0.571. The highest BCUT2D eigenvalue weighted by molar-refractivity contribution is 7.17. The highest BCUT2D eigenvalue weighted by atomic mass is 32.1. The number of amides is 1. The Balaban J connectivity index is 2.03. The lowest BCUT2D eigenvalue weighted by atomic mass is 10.2. The molecule has 0 saturated heterocycles. The number of benzene rings is 1. The van der Waals surface area contributed by atoms with Gasteiger partial charge in [0.25, 0.3) is 0 Å². The van der Waals surface area contributed by atoms with Crippen molar-refractivity contribution in [1.29, 1.82) is 0 Å². The van der Waals surface area contributed by atoms with E-state index in [2.05, 4.69) is 5.32 Å². The molecule has 0 aliphatic rings. The zero-order valence-electron chi connectivity index (χ0n) is 18.7. The fourth-order valence-electron chi connectivity index (χ4n) is 2.58. The molecule has 0 aliphatic heterocycles. The number of hydrogen-bond donors (Lipinski definition) is 1. The van der Waals surface area contributed by atoms with Crippen LogP contribution in [-0.4, -0.2) is 39.9 Å². The molecule has 31 heavy (non-hydrogen) atoms. The summed E-state index contributed by atoms with van der Waals surface area (Å²) in [6.07, 6.45) is -7.14. The molecule has 1 N–H and O–H groups in total. The topological polar surface area (TPSA) is 56.8 Å². The Morgan fingerprint density at radius 3 is 2.48 bits per heavy atom. The molecule has 5 nitrogen and oxygen atoms in total. The second-order valence-corrected chi connectivity index (χ2v) is 14.4. The molecule has 0 fully saturated rings. The summed E-state index contributed by atoms with van der Waals surface area (Å²) < 4.78 is 57.5. The van der Waals surface area contributed by atoms with Gasteiger partial charge in [-0.2, -0.15) is 13.2 Å². The Hall–Kier alpha value is -1.78. The first-order valence-electron chi connectivity index (χ1n) is 10.1. The first kappa shape index (κ1) is 25.5. The number of halogens is 3. The Morgan fingerprint density at radius 2 is 1.90 bits per heavy atom. The summed E-state index contributed by atoms with van der Waals surface area (Å²) in [7, 11) is -2.58. The number of hydrogen-bond acceptors (Lipinski definition) is 5. The maximum Gasteiger partial charge on any atom is 0.413 e. The molecule has 0 radical (unpaired) electrons. The van der Waals surface area contributed by atoms with Gasteiger partial charge in [0.15, 0.2) is 8.32 Å². The Bertz CT molecular complexity index is 893. The molecule has 1 aromatic carbocycles. The van der Waals surface area contributed by atoms with Gasteiger partial charge < -0.3 is 13.9 Å². The van der Waals surface area contributed by atoms with Crippen LogP contribution in [0.15, 0.2) is 23.6 Å². The van der Waals surface area contributed by atoms with Gasteiger partial charge in [0.2, 0.25) is 0 Å². The van der Waals surface area contributed by atoms with E-state index in [1.54, 1.807) is 43.6 Å². The summed E-state index contributed by atoms with van der Waals surface area (Å²) in [6.45, 7) is 11.2.